The highest BCUT2D eigenvalue weighted by atomic mass is 16.7. The zero-order valence-corrected chi connectivity index (χ0v) is 11.8. The van der Waals surface area contributed by atoms with E-state index >= 15 is 0 Å². The summed E-state index contributed by atoms with van der Waals surface area (Å²) in [7, 11) is 0. The predicted octanol–water partition coefficient (Wildman–Crippen LogP) is 1.86. The average Bonchev–Trinajstić information content (AvgIpc) is 2.56. The van der Waals surface area contributed by atoms with Crippen molar-refractivity contribution in [1.82, 2.24) is 10.4 Å². The lowest BCUT2D eigenvalue weighted by atomic mass is 9.72. The van der Waals surface area contributed by atoms with E-state index in [1.807, 2.05) is 18.2 Å². The molecule has 2 aliphatic rings. The van der Waals surface area contributed by atoms with Crippen molar-refractivity contribution in [2.75, 3.05) is 26.2 Å². The molecule has 2 fully saturated rings. The van der Waals surface area contributed by atoms with Gasteiger partial charge in [0.1, 0.15) is 0 Å². The van der Waals surface area contributed by atoms with E-state index in [1.54, 1.807) is 5.06 Å². The van der Waals surface area contributed by atoms with Crippen LogP contribution in [0.4, 0.5) is 0 Å². The Labute approximate surface area is 120 Å². The molecule has 1 aromatic rings. The van der Waals surface area contributed by atoms with Gasteiger partial charge in [0.25, 0.3) is 5.91 Å². The number of piperidine rings is 1. The number of hydroxylamine groups is 2. The van der Waals surface area contributed by atoms with Crippen LogP contribution in [-0.2, 0) is 15.0 Å². The molecule has 20 heavy (non-hydrogen) atoms. The Morgan fingerprint density at radius 1 is 1.15 bits per heavy atom. The van der Waals surface area contributed by atoms with Gasteiger partial charge in [0.2, 0.25) is 0 Å². The monoisotopic (exact) mass is 274 g/mol. The summed E-state index contributed by atoms with van der Waals surface area (Å²) in [5, 5.41) is 4.97. The third kappa shape index (κ3) is 2.45. The van der Waals surface area contributed by atoms with E-state index in [4.69, 9.17) is 4.84 Å². The molecule has 4 heteroatoms. The Balaban J connectivity index is 1.91. The van der Waals surface area contributed by atoms with Gasteiger partial charge < -0.3 is 5.32 Å². The minimum absolute atomic E-state index is 0.143. The van der Waals surface area contributed by atoms with Crippen molar-refractivity contribution in [2.24, 2.45) is 0 Å². The van der Waals surface area contributed by atoms with Gasteiger partial charge in [0.15, 0.2) is 0 Å². The number of amides is 1. The Morgan fingerprint density at radius 2 is 1.90 bits per heavy atom. The molecule has 2 heterocycles. The van der Waals surface area contributed by atoms with Crippen molar-refractivity contribution < 1.29 is 9.63 Å². The number of nitrogens with one attached hydrogen (secondary N) is 1. The lowest BCUT2D eigenvalue weighted by Crippen LogP contribution is -2.53. The topological polar surface area (TPSA) is 41.6 Å². The van der Waals surface area contributed by atoms with Crippen LogP contribution in [0.3, 0.4) is 0 Å². The number of hydrogen-bond donors (Lipinski definition) is 1. The van der Waals surface area contributed by atoms with Gasteiger partial charge in [-0.15, -0.1) is 0 Å². The first-order chi connectivity index (χ1) is 9.83. The lowest BCUT2D eigenvalue weighted by molar-refractivity contribution is -0.204. The Bertz CT molecular complexity index is 449. The molecule has 108 valence electrons. The fourth-order valence-electron chi connectivity index (χ4n) is 3.23. The van der Waals surface area contributed by atoms with E-state index in [0.29, 0.717) is 6.61 Å². The molecule has 0 unspecified atom stereocenters. The molecule has 2 saturated heterocycles. The summed E-state index contributed by atoms with van der Waals surface area (Å²) in [5.41, 5.74) is 0.713. The highest BCUT2D eigenvalue weighted by Crippen LogP contribution is 2.36. The quantitative estimate of drug-likeness (QED) is 0.895. The molecular formula is C16H22N2O2. The number of nitrogens with zero attached hydrogens (tertiary/aromatic N) is 1. The number of carbonyl (C=O) groups excluding carboxylic acids is 1. The van der Waals surface area contributed by atoms with E-state index in [2.05, 4.69) is 17.4 Å². The molecule has 1 N–H and O–H groups in total. The maximum absolute atomic E-state index is 13.0. The molecule has 0 atom stereocenters. The van der Waals surface area contributed by atoms with Gasteiger partial charge in [0.05, 0.1) is 12.0 Å². The van der Waals surface area contributed by atoms with Crippen molar-refractivity contribution in [3.63, 3.8) is 0 Å². The van der Waals surface area contributed by atoms with E-state index < -0.39 is 5.41 Å². The van der Waals surface area contributed by atoms with Crippen LogP contribution in [-0.4, -0.2) is 37.2 Å². The number of hydrogen-bond acceptors (Lipinski definition) is 3. The van der Waals surface area contributed by atoms with E-state index in [1.165, 1.54) is 0 Å². The van der Waals surface area contributed by atoms with Gasteiger partial charge in [-0.1, -0.05) is 30.3 Å². The summed E-state index contributed by atoms with van der Waals surface area (Å²) >= 11 is 0. The fourth-order valence-corrected chi connectivity index (χ4v) is 3.23. The third-order valence-electron chi connectivity index (χ3n) is 4.42. The maximum atomic E-state index is 13.0. The first-order valence-electron chi connectivity index (χ1n) is 7.54. The molecule has 0 aliphatic carbocycles. The van der Waals surface area contributed by atoms with Crippen LogP contribution in [0.5, 0.6) is 0 Å². The zero-order chi connectivity index (χ0) is 13.8. The molecule has 4 nitrogen and oxygen atoms in total. The van der Waals surface area contributed by atoms with Crippen molar-refractivity contribution in [3.8, 4) is 0 Å². The molecule has 0 bridgehead atoms. The van der Waals surface area contributed by atoms with E-state index in [-0.39, 0.29) is 5.91 Å². The van der Waals surface area contributed by atoms with Crippen LogP contribution in [0.2, 0.25) is 0 Å². The summed E-state index contributed by atoms with van der Waals surface area (Å²) in [6, 6.07) is 10.2. The molecule has 2 aliphatic heterocycles. The highest BCUT2D eigenvalue weighted by Gasteiger charge is 2.44. The van der Waals surface area contributed by atoms with Crippen molar-refractivity contribution in [2.45, 2.75) is 31.1 Å². The van der Waals surface area contributed by atoms with Crippen LogP contribution < -0.4 is 5.32 Å². The molecule has 0 spiro atoms. The Hall–Kier alpha value is -1.39. The fraction of sp³-hybridized carbons (Fsp3) is 0.562. The zero-order valence-electron chi connectivity index (χ0n) is 11.8. The van der Waals surface area contributed by atoms with Crippen LogP contribution >= 0.6 is 0 Å². The molecule has 1 amide bonds. The summed E-state index contributed by atoms with van der Waals surface area (Å²) in [5.74, 6) is 0.143. The van der Waals surface area contributed by atoms with Crippen molar-refractivity contribution in [1.29, 1.82) is 0 Å². The molecule has 0 aromatic heterocycles. The Kier molecular flexibility index (Phi) is 4.03. The van der Waals surface area contributed by atoms with Gasteiger partial charge in [-0.05, 0) is 44.3 Å². The van der Waals surface area contributed by atoms with Crippen LogP contribution in [0.15, 0.2) is 30.3 Å². The summed E-state index contributed by atoms with van der Waals surface area (Å²) < 4.78 is 0. The third-order valence-corrected chi connectivity index (χ3v) is 4.42. The maximum Gasteiger partial charge on any atom is 0.256 e. The summed E-state index contributed by atoms with van der Waals surface area (Å²) in [4.78, 5) is 18.7. The minimum Gasteiger partial charge on any atom is -0.317 e. The van der Waals surface area contributed by atoms with E-state index in [9.17, 15) is 4.79 Å². The first kappa shape index (κ1) is 13.6. The SMILES string of the molecule is O=C(N1CCCCO1)C1(c2ccccc2)CCNCC1. The van der Waals surface area contributed by atoms with Gasteiger partial charge in [-0.2, -0.15) is 0 Å². The van der Waals surface area contributed by atoms with Crippen LogP contribution in [0, 0.1) is 0 Å². The molecule has 1 aromatic carbocycles. The minimum atomic E-state index is -0.413. The van der Waals surface area contributed by atoms with Crippen molar-refractivity contribution in [3.05, 3.63) is 35.9 Å². The molecule has 0 saturated carbocycles. The number of carbonyl (C=O) groups is 1. The van der Waals surface area contributed by atoms with Crippen LogP contribution in [0.1, 0.15) is 31.2 Å². The second-order valence-corrected chi connectivity index (χ2v) is 5.65. The first-order valence-corrected chi connectivity index (χ1v) is 7.54. The summed E-state index contributed by atoms with van der Waals surface area (Å²) in [6.45, 7) is 3.15. The number of benzene rings is 1. The second kappa shape index (κ2) is 5.94. The van der Waals surface area contributed by atoms with Gasteiger partial charge in [-0.25, -0.2) is 5.06 Å². The largest absolute Gasteiger partial charge is 0.317 e. The number of rotatable bonds is 2. The van der Waals surface area contributed by atoms with Gasteiger partial charge in [-0.3, -0.25) is 9.63 Å². The van der Waals surface area contributed by atoms with Crippen molar-refractivity contribution >= 4 is 5.91 Å². The Morgan fingerprint density at radius 3 is 2.55 bits per heavy atom. The van der Waals surface area contributed by atoms with E-state index in [0.717, 1.165) is 50.9 Å². The normalized spacial score (nSPS) is 22.5. The van der Waals surface area contributed by atoms with Crippen LogP contribution in [0.25, 0.3) is 0 Å². The highest BCUT2D eigenvalue weighted by molar-refractivity contribution is 5.87. The summed E-state index contributed by atoms with van der Waals surface area (Å²) in [6.07, 6.45) is 3.77. The smallest absolute Gasteiger partial charge is 0.256 e. The average molecular weight is 274 g/mol. The second-order valence-electron chi connectivity index (χ2n) is 5.65. The van der Waals surface area contributed by atoms with Gasteiger partial charge >= 0.3 is 0 Å². The molecule has 3 rings (SSSR count). The molecular weight excluding hydrogens is 252 g/mol. The predicted molar refractivity (Wildman–Crippen MR) is 77.1 cm³/mol. The lowest BCUT2D eigenvalue weighted by Gasteiger charge is -2.40. The van der Waals surface area contributed by atoms with Gasteiger partial charge in [0, 0.05) is 6.54 Å². The standard InChI is InChI=1S/C16H22N2O2/c19-15(18-12-4-5-13-20-18)16(8-10-17-11-9-16)14-6-2-1-3-7-14/h1-3,6-7,17H,4-5,8-13H2. The molecule has 0 radical (unpaired) electrons.